The van der Waals surface area contributed by atoms with Crippen molar-refractivity contribution in [2.24, 2.45) is 0 Å². The molecular formula is C17H18N2O4S. The molecule has 2 aromatic carbocycles. The van der Waals surface area contributed by atoms with Gasteiger partial charge in [-0.25, -0.2) is 13.2 Å². The predicted molar refractivity (Wildman–Crippen MR) is 91.6 cm³/mol. The van der Waals surface area contributed by atoms with Gasteiger partial charge in [0.15, 0.2) is 0 Å². The monoisotopic (exact) mass is 346 g/mol. The fraction of sp³-hybridized carbons (Fsp3) is 0.235. The van der Waals surface area contributed by atoms with Gasteiger partial charge in [-0.3, -0.25) is 4.72 Å². The highest BCUT2D eigenvalue weighted by Crippen LogP contribution is 2.30. The molecule has 1 heterocycles. The lowest BCUT2D eigenvalue weighted by Crippen LogP contribution is -2.27. The van der Waals surface area contributed by atoms with Crippen LogP contribution in [0.25, 0.3) is 0 Å². The molecule has 24 heavy (non-hydrogen) atoms. The van der Waals surface area contributed by atoms with Crippen molar-refractivity contribution in [1.29, 1.82) is 0 Å². The molecule has 1 aliphatic heterocycles. The first-order chi connectivity index (χ1) is 11.4. The molecule has 0 saturated heterocycles. The summed E-state index contributed by atoms with van der Waals surface area (Å²) in [6.07, 6.45) is 0.521. The van der Waals surface area contributed by atoms with Gasteiger partial charge in [0, 0.05) is 12.1 Å². The minimum absolute atomic E-state index is 0.203. The molecule has 0 amide bonds. The number of hydrogen-bond acceptors (Lipinski definition) is 5. The van der Waals surface area contributed by atoms with E-state index in [4.69, 9.17) is 4.74 Å². The van der Waals surface area contributed by atoms with Crippen molar-refractivity contribution in [2.45, 2.75) is 24.3 Å². The lowest BCUT2D eigenvalue weighted by molar-refractivity contribution is -0.141. The zero-order valence-electron chi connectivity index (χ0n) is 13.4. The maximum atomic E-state index is 12.4. The number of esters is 1. The van der Waals surface area contributed by atoms with Crippen LogP contribution >= 0.6 is 0 Å². The van der Waals surface area contributed by atoms with Gasteiger partial charge in [-0.2, -0.15) is 0 Å². The third-order valence-electron chi connectivity index (χ3n) is 3.93. The molecule has 1 atom stereocenters. The van der Waals surface area contributed by atoms with Gasteiger partial charge in [-0.15, -0.1) is 0 Å². The molecular weight excluding hydrogens is 328 g/mol. The number of carbonyl (C=O) groups is 1. The molecule has 126 valence electrons. The first-order valence-electron chi connectivity index (χ1n) is 7.46. The topological polar surface area (TPSA) is 84.5 Å². The van der Waals surface area contributed by atoms with Gasteiger partial charge in [0.05, 0.1) is 17.7 Å². The molecule has 0 radical (unpaired) electrons. The highest BCUT2D eigenvalue weighted by molar-refractivity contribution is 7.92. The van der Waals surface area contributed by atoms with Crippen LogP contribution in [-0.2, 0) is 26.0 Å². The Morgan fingerprint density at radius 3 is 2.58 bits per heavy atom. The smallest absolute Gasteiger partial charge is 0.328 e. The molecule has 2 aromatic rings. The molecule has 0 aromatic heterocycles. The first-order valence-corrected chi connectivity index (χ1v) is 8.94. The summed E-state index contributed by atoms with van der Waals surface area (Å²) in [5.41, 5.74) is 3.11. The number of rotatable bonds is 4. The van der Waals surface area contributed by atoms with Crippen LogP contribution in [0.4, 0.5) is 11.4 Å². The molecule has 3 rings (SSSR count). The quantitative estimate of drug-likeness (QED) is 0.830. The lowest BCUT2D eigenvalue weighted by atomic mass is 10.1. The van der Waals surface area contributed by atoms with E-state index in [-0.39, 0.29) is 10.9 Å². The van der Waals surface area contributed by atoms with Crippen molar-refractivity contribution >= 4 is 27.4 Å². The SMILES string of the molecule is COC(=O)C1Cc2ccc(NS(=O)(=O)c3ccc(C)cc3)cc2N1. The van der Waals surface area contributed by atoms with E-state index in [1.165, 1.54) is 7.11 Å². The Morgan fingerprint density at radius 1 is 1.21 bits per heavy atom. The van der Waals surface area contributed by atoms with Gasteiger partial charge < -0.3 is 10.1 Å². The number of fused-ring (bicyclic) bond motifs is 1. The highest BCUT2D eigenvalue weighted by atomic mass is 32.2. The molecule has 6 nitrogen and oxygen atoms in total. The van der Waals surface area contributed by atoms with Crippen molar-refractivity contribution in [1.82, 2.24) is 0 Å². The van der Waals surface area contributed by atoms with E-state index in [0.29, 0.717) is 12.1 Å². The van der Waals surface area contributed by atoms with Crippen LogP contribution in [0.5, 0.6) is 0 Å². The predicted octanol–water partition coefficient (Wildman–Crippen LogP) is 2.31. The number of anilines is 2. The molecule has 7 heteroatoms. The van der Waals surface area contributed by atoms with Crippen LogP contribution in [-0.4, -0.2) is 27.5 Å². The summed E-state index contributed by atoms with van der Waals surface area (Å²) in [5.74, 6) is -0.340. The maximum absolute atomic E-state index is 12.4. The zero-order valence-corrected chi connectivity index (χ0v) is 14.2. The zero-order chi connectivity index (χ0) is 17.3. The van der Waals surface area contributed by atoms with Gasteiger partial charge in [0.2, 0.25) is 0 Å². The molecule has 0 fully saturated rings. The summed E-state index contributed by atoms with van der Waals surface area (Å²) in [7, 11) is -2.31. The molecule has 0 spiro atoms. The molecule has 0 bridgehead atoms. The van der Waals surface area contributed by atoms with Gasteiger partial charge in [-0.05, 0) is 36.8 Å². The van der Waals surface area contributed by atoms with Gasteiger partial charge in [0.1, 0.15) is 6.04 Å². The Bertz CT molecular complexity index is 876. The Kier molecular flexibility index (Phi) is 4.19. The van der Waals surface area contributed by atoms with Crippen LogP contribution in [0.15, 0.2) is 47.4 Å². The highest BCUT2D eigenvalue weighted by Gasteiger charge is 2.27. The van der Waals surface area contributed by atoms with Crippen LogP contribution in [0.1, 0.15) is 11.1 Å². The number of aryl methyl sites for hydroxylation is 1. The summed E-state index contributed by atoms with van der Waals surface area (Å²) in [5, 5.41) is 3.05. The molecule has 2 N–H and O–H groups in total. The van der Waals surface area contributed by atoms with E-state index in [0.717, 1.165) is 16.8 Å². The number of ether oxygens (including phenoxy) is 1. The second-order valence-electron chi connectivity index (χ2n) is 5.71. The summed E-state index contributed by atoms with van der Waals surface area (Å²) in [6, 6.07) is 11.4. The number of nitrogens with one attached hydrogen (secondary N) is 2. The largest absolute Gasteiger partial charge is 0.467 e. The van der Waals surface area contributed by atoms with Crippen molar-refractivity contribution in [3.8, 4) is 0 Å². The number of benzene rings is 2. The Balaban J connectivity index is 1.80. The van der Waals surface area contributed by atoms with E-state index < -0.39 is 16.1 Å². The van der Waals surface area contributed by atoms with Crippen LogP contribution in [0.3, 0.4) is 0 Å². The lowest BCUT2D eigenvalue weighted by Gasteiger charge is -2.10. The van der Waals surface area contributed by atoms with Crippen LogP contribution < -0.4 is 10.0 Å². The maximum Gasteiger partial charge on any atom is 0.328 e. The van der Waals surface area contributed by atoms with E-state index in [9.17, 15) is 13.2 Å². The number of carbonyl (C=O) groups excluding carboxylic acids is 1. The minimum atomic E-state index is -3.65. The summed E-state index contributed by atoms with van der Waals surface area (Å²) < 4.78 is 32.1. The standard InChI is InChI=1S/C17H18N2O4S/c1-11-3-7-14(8-4-11)24(21,22)19-13-6-5-12-9-16(17(20)23-2)18-15(12)10-13/h3-8,10,16,18-19H,9H2,1-2H3. The van der Waals surface area contributed by atoms with Gasteiger partial charge in [0.25, 0.3) is 10.0 Å². The number of hydrogen-bond donors (Lipinski definition) is 2. The fourth-order valence-corrected chi connectivity index (χ4v) is 3.68. The van der Waals surface area contributed by atoms with Crippen molar-refractivity contribution < 1.29 is 17.9 Å². The Hall–Kier alpha value is -2.54. The molecule has 0 saturated carbocycles. The van der Waals surface area contributed by atoms with Crippen LogP contribution in [0, 0.1) is 6.92 Å². The van der Waals surface area contributed by atoms with Crippen LogP contribution in [0.2, 0.25) is 0 Å². The van der Waals surface area contributed by atoms with E-state index in [1.807, 2.05) is 6.92 Å². The molecule has 0 aliphatic carbocycles. The van der Waals surface area contributed by atoms with E-state index >= 15 is 0 Å². The Labute approximate surface area is 140 Å². The van der Waals surface area contributed by atoms with E-state index in [1.54, 1.807) is 42.5 Å². The molecule has 1 unspecified atom stereocenters. The average Bonchev–Trinajstić information content (AvgIpc) is 2.97. The Morgan fingerprint density at radius 2 is 1.92 bits per heavy atom. The number of methoxy groups -OCH3 is 1. The third kappa shape index (κ3) is 3.21. The first kappa shape index (κ1) is 16.3. The summed E-state index contributed by atoms with van der Waals surface area (Å²) in [4.78, 5) is 11.8. The van der Waals surface area contributed by atoms with Gasteiger partial charge in [-0.1, -0.05) is 23.8 Å². The minimum Gasteiger partial charge on any atom is -0.467 e. The second-order valence-corrected chi connectivity index (χ2v) is 7.40. The fourth-order valence-electron chi connectivity index (χ4n) is 2.63. The summed E-state index contributed by atoms with van der Waals surface area (Å²) in [6.45, 7) is 1.90. The van der Waals surface area contributed by atoms with E-state index in [2.05, 4.69) is 10.0 Å². The summed E-state index contributed by atoms with van der Waals surface area (Å²) >= 11 is 0. The van der Waals surface area contributed by atoms with Gasteiger partial charge >= 0.3 is 5.97 Å². The van der Waals surface area contributed by atoms with Crippen molar-refractivity contribution in [3.05, 3.63) is 53.6 Å². The molecule has 1 aliphatic rings. The normalized spacial score (nSPS) is 16.2. The van der Waals surface area contributed by atoms with Crippen molar-refractivity contribution in [2.75, 3.05) is 17.1 Å². The average molecular weight is 346 g/mol. The second kappa shape index (κ2) is 6.16. The van der Waals surface area contributed by atoms with Crippen molar-refractivity contribution in [3.63, 3.8) is 0 Å². The third-order valence-corrected chi connectivity index (χ3v) is 5.33. The number of sulfonamides is 1.